The molecule has 0 radical (unpaired) electrons. The van der Waals surface area contributed by atoms with Crippen molar-refractivity contribution in [3.05, 3.63) is 0 Å². The largest absolute Gasteiger partial charge is 0.366 e. The van der Waals surface area contributed by atoms with Crippen molar-refractivity contribution in [3.63, 3.8) is 0 Å². The summed E-state index contributed by atoms with van der Waals surface area (Å²) in [5.74, 6) is 3.06. The molecule has 2 heterocycles. The van der Waals surface area contributed by atoms with Gasteiger partial charge in [0.1, 0.15) is 0 Å². The van der Waals surface area contributed by atoms with Gasteiger partial charge in [0.15, 0.2) is 0 Å². The first-order chi connectivity index (χ1) is 9.66. The van der Waals surface area contributed by atoms with E-state index in [0.717, 1.165) is 23.7 Å². The van der Waals surface area contributed by atoms with Crippen LogP contribution in [-0.2, 0) is 9.47 Å². The fraction of sp³-hybridized carbons (Fsp3) is 1.00. The molecule has 0 aromatic rings. The first kappa shape index (κ1) is 14.5. The quantitative estimate of drug-likeness (QED) is 0.704. The van der Waals surface area contributed by atoms with Gasteiger partial charge in [0.2, 0.25) is 0 Å². The lowest BCUT2D eigenvalue weighted by molar-refractivity contribution is 0.0303. The third-order valence-corrected chi connectivity index (χ3v) is 7.64. The zero-order chi connectivity index (χ0) is 15.2. The number of rotatable bonds is 2. The predicted molar refractivity (Wildman–Crippen MR) is 84.1 cm³/mol. The molecule has 2 aliphatic heterocycles. The van der Waals surface area contributed by atoms with Gasteiger partial charge in [0, 0.05) is 0 Å². The second-order valence-corrected chi connectivity index (χ2v) is 9.75. The van der Waals surface area contributed by atoms with Crippen LogP contribution in [0.1, 0.15) is 67.2 Å². The first-order valence-corrected chi connectivity index (χ1v) is 9.01. The van der Waals surface area contributed by atoms with E-state index in [0.29, 0.717) is 17.6 Å². The van der Waals surface area contributed by atoms with Crippen LogP contribution in [0.25, 0.3) is 0 Å². The van der Waals surface area contributed by atoms with E-state index in [1.165, 1.54) is 25.7 Å². The Morgan fingerprint density at radius 2 is 1.19 bits per heavy atom. The summed E-state index contributed by atoms with van der Waals surface area (Å²) in [5.41, 5.74) is 0.799. The van der Waals surface area contributed by atoms with Crippen molar-refractivity contribution >= 4 is 0 Å². The van der Waals surface area contributed by atoms with Crippen LogP contribution in [0.2, 0.25) is 0 Å². The average Bonchev–Trinajstić information content (AvgIpc) is 3.23. The van der Waals surface area contributed by atoms with Crippen LogP contribution >= 0.6 is 0 Å². The van der Waals surface area contributed by atoms with Gasteiger partial charge in [0.25, 0.3) is 0 Å². The van der Waals surface area contributed by atoms with Gasteiger partial charge >= 0.3 is 0 Å². The number of ether oxygens (including phenoxy) is 2. The lowest BCUT2D eigenvalue weighted by atomic mass is 9.56. The molecule has 4 rings (SSSR count). The minimum atomic E-state index is 0.197. The van der Waals surface area contributed by atoms with Crippen molar-refractivity contribution in [2.75, 3.05) is 0 Å². The maximum Gasteiger partial charge on any atom is 0.0926 e. The Balaban J connectivity index is 1.53. The van der Waals surface area contributed by atoms with Crippen molar-refractivity contribution in [1.29, 1.82) is 0 Å². The molecule has 2 nitrogen and oxygen atoms in total. The van der Waals surface area contributed by atoms with Gasteiger partial charge in [-0.2, -0.15) is 0 Å². The van der Waals surface area contributed by atoms with E-state index in [1.54, 1.807) is 0 Å². The molecule has 0 aromatic carbocycles. The van der Waals surface area contributed by atoms with E-state index in [4.69, 9.17) is 9.47 Å². The number of hydrogen-bond donors (Lipinski definition) is 0. The van der Waals surface area contributed by atoms with Gasteiger partial charge in [-0.25, -0.2) is 0 Å². The smallest absolute Gasteiger partial charge is 0.0926 e. The Kier molecular flexibility index (Phi) is 2.80. The Labute approximate surface area is 130 Å². The molecule has 2 saturated carbocycles. The zero-order valence-electron chi connectivity index (χ0n) is 14.6. The maximum absolute atomic E-state index is 6.04. The molecule has 8 unspecified atom stereocenters. The van der Waals surface area contributed by atoms with Crippen LogP contribution in [0.5, 0.6) is 0 Å². The summed E-state index contributed by atoms with van der Waals surface area (Å²) in [5, 5.41) is 0. The van der Waals surface area contributed by atoms with Crippen molar-refractivity contribution < 1.29 is 9.47 Å². The van der Waals surface area contributed by atoms with Crippen molar-refractivity contribution in [3.8, 4) is 0 Å². The van der Waals surface area contributed by atoms with Gasteiger partial charge in [-0.1, -0.05) is 27.7 Å². The molecule has 4 aliphatic rings. The topological polar surface area (TPSA) is 25.1 Å². The zero-order valence-corrected chi connectivity index (χ0v) is 14.6. The van der Waals surface area contributed by atoms with Crippen LogP contribution in [0.15, 0.2) is 0 Å². The van der Waals surface area contributed by atoms with Crippen LogP contribution in [0, 0.1) is 29.1 Å². The van der Waals surface area contributed by atoms with Crippen molar-refractivity contribution in [2.45, 2.75) is 90.6 Å². The molecule has 0 amide bonds. The molecular formula is C19H32O2. The Morgan fingerprint density at radius 3 is 1.52 bits per heavy atom. The van der Waals surface area contributed by atoms with E-state index in [2.05, 4.69) is 41.5 Å². The molecule has 8 atom stereocenters. The lowest BCUT2D eigenvalue weighted by Gasteiger charge is -2.47. The summed E-state index contributed by atoms with van der Waals surface area (Å²) in [6.45, 7) is 14.5. The van der Waals surface area contributed by atoms with E-state index in [1.807, 2.05) is 0 Å². The van der Waals surface area contributed by atoms with Gasteiger partial charge in [0.05, 0.1) is 23.4 Å². The maximum atomic E-state index is 6.04. The molecule has 0 aromatic heterocycles. The van der Waals surface area contributed by atoms with E-state index in [9.17, 15) is 0 Å². The summed E-state index contributed by atoms with van der Waals surface area (Å²) < 4.78 is 12.1. The number of epoxide rings is 2. The third kappa shape index (κ3) is 2.05. The molecule has 2 aliphatic carbocycles. The Bertz CT molecular complexity index is 418. The molecule has 2 saturated heterocycles. The minimum Gasteiger partial charge on any atom is -0.366 e. The summed E-state index contributed by atoms with van der Waals surface area (Å²) in [6, 6.07) is 0. The highest BCUT2D eigenvalue weighted by Crippen LogP contribution is 2.62. The van der Waals surface area contributed by atoms with Gasteiger partial charge < -0.3 is 9.47 Å². The monoisotopic (exact) mass is 292 g/mol. The van der Waals surface area contributed by atoms with Crippen LogP contribution in [0.3, 0.4) is 0 Å². The summed E-state index contributed by atoms with van der Waals surface area (Å²) >= 11 is 0. The molecular weight excluding hydrogens is 260 g/mol. The van der Waals surface area contributed by atoms with Crippen LogP contribution in [-0.4, -0.2) is 23.4 Å². The predicted octanol–water partition coefficient (Wildman–Crippen LogP) is 4.42. The minimum absolute atomic E-state index is 0.197. The highest BCUT2D eigenvalue weighted by atomic mass is 16.6. The first-order valence-electron chi connectivity index (χ1n) is 9.01. The van der Waals surface area contributed by atoms with E-state index >= 15 is 0 Å². The SMILES string of the molecule is CC1CC(C(C)(C)C2CC(C)C3OC3(C)C2)CC2(C)OC12. The molecule has 0 bridgehead atoms. The number of hydrogen-bond acceptors (Lipinski definition) is 2. The lowest BCUT2D eigenvalue weighted by Crippen LogP contribution is -2.44. The fourth-order valence-corrected chi connectivity index (χ4v) is 6.03. The second kappa shape index (κ2) is 4.06. The van der Waals surface area contributed by atoms with Crippen molar-refractivity contribution in [2.24, 2.45) is 29.1 Å². The van der Waals surface area contributed by atoms with Gasteiger partial charge in [-0.15, -0.1) is 0 Å². The highest BCUT2D eigenvalue weighted by Gasteiger charge is 2.64. The summed E-state index contributed by atoms with van der Waals surface area (Å²) in [6.07, 6.45) is 6.31. The molecule has 0 spiro atoms. The average molecular weight is 292 g/mol. The highest BCUT2D eigenvalue weighted by molar-refractivity contribution is 5.12. The number of fused-ring (bicyclic) bond motifs is 2. The van der Waals surface area contributed by atoms with Gasteiger partial charge in [-0.3, -0.25) is 0 Å². The van der Waals surface area contributed by atoms with Crippen LogP contribution in [0.4, 0.5) is 0 Å². The van der Waals surface area contributed by atoms with E-state index in [-0.39, 0.29) is 11.2 Å². The van der Waals surface area contributed by atoms with E-state index < -0.39 is 0 Å². The molecule has 0 N–H and O–H groups in total. The van der Waals surface area contributed by atoms with Gasteiger partial charge in [-0.05, 0) is 68.6 Å². The molecule has 2 heteroatoms. The third-order valence-electron chi connectivity index (χ3n) is 7.64. The molecule has 4 fully saturated rings. The fourth-order valence-electron chi connectivity index (χ4n) is 6.03. The van der Waals surface area contributed by atoms with Crippen LogP contribution < -0.4 is 0 Å². The normalized spacial score (nSPS) is 59.1. The molecule has 21 heavy (non-hydrogen) atoms. The Morgan fingerprint density at radius 1 is 0.810 bits per heavy atom. The summed E-state index contributed by atoms with van der Waals surface area (Å²) in [4.78, 5) is 0. The molecule has 120 valence electrons. The summed E-state index contributed by atoms with van der Waals surface area (Å²) in [7, 11) is 0. The standard InChI is InChI=1S/C19H32O2/c1-11-7-13(9-18(5)15(11)20-18)17(3,4)14-8-12(2)16-19(6,10-14)21-16/h11-16H,7-10H2,1-6H3. The van der Waals surface area contributed by atoms with Crippen molar-refractivity contribution in [1.82, 2.24) is 0 Å². The second-order valence-electron chi connectivity index (χ2n) is 9.75. The Hall–Kier alpha value is -0.0800.